The van der Waals surface area contributed by atoms with Crippen LogP contribution in [0.3, 0.4) is 0 Å². The zero-order valence-electron chi connectivity index (χ0n) is 19.0. The van der Waals surface area contributed by atoms with Crippen molar-refractivity contribution in [3.63, 3.8) is 0 Å². The number of aliphatic hydroxyl groups is 1. The molecule has 170 valence electrons. The first-order valence-corrected chi connectivity index (χ1v) is 11.6. The van der Waals surface area contributed by atoms with E-state index in [0.29, 0.717) is 36.8 Å². The summed E-state index contributed by atoms with van der Waals surface area (Å²) in [6.07, 6.45) is 4.11. The van der Waals surface area contributed by atoms with Crippen LogP contribution in [-0.4, -0.2) is 54.9 Å². The first-order valence-electron chi connectivity index (χ1n) is 11.6. The van der Waals surface area contributed by atoms with Crippen molar-refractivity contribution in [2.45, 2.75) is 45.1 Å². The number of para-hydroxylation sites is 1. The molecule has 0 saturated carbocycles. The van der Waals surface area contributed by atoms with Gasteiger partial charge < -0.3 is 19.5 Å². The van der Waals surface area contributed by atoms with Crippen molar-refractivity contribution in [3.05, 3.63) is 70.3 Å². The third-order valence-corrected chi connectivity index (χ3v) is 6.61. The van der Waals surface area contributed by atoms with E-state index < -0.39 is 6.10 Å². The van der Waals surface area contributed by atoms with Gasteiger partial charge in [-0.2, -0.15) is 0 Å². The Morgan fingerprint density at radius 1 is 1.16 bits per heavy atom. The van der Waals surface area contributed by atoms with E-state index in [4.69, 9.17) is 9.47 Å². The third-order valence-electron chi connectivity index (χ3n) is 6.61. The van der Waals surface area contributed by atoms with Crippen LogP contribution in [0.1, 0.15) is 47.4 Å². The summed E-state index contributed by atoms with van der Waals surface area (Å²) in [5, 5.41) is 10.6. The van der Waals surface area contributed by atoms with Crippen LogP contribution >= 0.6 is 0 Å². The van der Waals surface area contributed by atoms with Crippen LogP contribution in [0.5, 0.6) is 5.75 Å². The molecule has 2 aliphatic heterocycles. The molecule has 1 N–H and O–H groups in total. The number of carbonyl (C=O) groups excluding carboxylic acids is 1. The lowest BCUT2D eigenvalue weighted by Gasteiger charge is -2.33. The second-order valence-corrected chi connectivity index (χ2v) is 8.98. The molecule has 32 heavy (non-hydrogen) atoms. The molecule has 0 aromatic heterocycles. The number of cyclic esters (lactones) is 1. The van der Waals surface area contributed by atoms with Crippen molar-refractivity contribution in [2.24, 2.45) is 0 Å². The summed E-state index contributed by atoms with van der Waals surface area (Å²) in [5.41, 5.74) is 5.64. The van der Waals surface area contributed by atoms with E-state index in [-0.39, 0.29) is 12.6 Å². The minimum absolute atomic E-state index is 0.224. The van der Waals surface area contributed by atoms with Crippen LogP contribution in [0.2, 0.25) is 0 Å². The average molecular weight is 436 g/mol. The van der Waals surface area contributed by atoms with Gasteiger partial charge in [0.1, 0.15) is 18.5 Å². The van der Waals surface area contributed by atoms with Gasteiger partial charge in [-0.3, -0.25) is 0 Å². The highest BCUT2D eigenvalue weighted by atomic mass is 16.5. The fourth-order valence-corrected chi connectivity index (χ4v) is 4.50. The molecule has 4 rings (SSSR count). The molecule has 2 aromatic carbocycles. The lowest BCUT2D eigenvalue weighted by molar-refractivity contribution is -0.134. The maximum absolute atomic E-state index is 11.7. The minimum atomic E-state index is -0.565. The number of hydrogen-bond donors (Lipinski definition) is 1. The van der Waals surface area contributed by atoms with Crippen molar-refractivity contribution in [2.75, 3.05) is 32.8 Å². The summed E-state index contributed by atoms with van der Waals surface area (Å²) in [6.45, 7) is 7.57. The third kappa shape index (κ3) is 5.59. The van der Waals surface area contributed by atoms with Gasteiger partial charge in [-0.15, -0.1) is 0 Å². The number of hydrogen-bond acceptors (Lipinski definition) is 5. The van der Waals surface area contributed by atoms with Gasteiger partial charge in [-0.25, -0.2) is 4.79 Å². The maximum atomic E-state index is 11.7. The number of likely N-dealkylation sites (tertiary alicyclic amines) is 1. The number of nitrogens with zero attached hydrogens (tertiary/aromatic N) is 1. The second-order valence-electron chi connectivity index (χ2n) is 8.98. The maximum Gasteiger partial charge on any atom is 0.334 e. The Balaban J connectivity index is 1.27. The van der Waals surface area contributed by atoms with E-state index in [9.17, 15) is 9.90 Å². The number of esters is 1. The van der Waals surface area contributed by atoms with Gasteiger partial charge in [-0.1, -0.05) is 36.4 Å². The molecule has 0 bridgehead atoms. The molecule has 0 unspecified atom stereocenters. The molecule has 0 amide bonds. The van der Waals surface area contributed by atoms with Crippen LogP contribution < -0.4 is 4.74 Å². The number of aliphatic hydroxyl groups excluding tert-OH is 1. The number of rotatable bonds is 7. The van der Waals surface area contributed by atoms with Crippen molar-refractivity contribution >= 4 is 12.0 Å². The summed E-state index contributed by atoms with van der Waals surface area (Å²) in [6, 6.07) is 14.4. The molecular weight excluding hydrogens is 402 g/mol. The van der Waals surface area contributed by atoms with Crippen LogP contribution in [0.15, 0.2) is 48.0 Å². The van der Waals surface area contributed by atoms with E-state index in [1.54, 1.807) is 0 Å². The summed E-state index contributed by atoms with van der Waals surface area (Å²) < 4.78 is 10.9. The van der Waals surface area contributed by atoms with Crippen molar-refractivity contribution in [3.8, 4) is 5.75 Å². The molecule has 1 atom stereocenters. The summed E-state index contributed by atoms with van der Waals surface area (Å²) in [5.74, 6) is 1.01. The normalized spacial score (nSPS) is 19.8. The lowest BCUT2D eigenvalue weighted by atomic mass is 9.88. The molecule has 5 nitrogen and oxygen atoms in total. The molecule has 2 saturated heterocycles. The van der Waals surface area contributed by atoms with Crippen molar-refractivity contribution in [1.29, 1.82) is 0 Å². The standard InChI is InChI=1S/C27H33NO4/c1-19-7-8-22(15-20(19)2)21-9-12-28(13-10-21)17-25(29)18-32-26-6-4-3-5-23(26)16-24-11-14-31-27(24)30/h3-8,15-16,21,25,29H,9-14,17-18H2,1-2H3/t25-/m0/s1. The average Bonchev–Trinajstić information content (AvgIpc) is 3.20. The molecule has 0 aliphatic carbocycles. The second kappa shape index (κ2) is 10.3. The Hall–Kier alpha value is -2.63. The molecule has 2 heterocycles. The highest BCUT2D eigenvalue weighted by molar-refractivity contribution is 5.95. The Morgan fingerprint density at radius 2 is 1.94 bits per heavy atom. The van der Waals surface area contributed by atoms with Crippen LogP contribution in [-0.2, 0) is 9.53 Å². The number of β-amino-alcohol motifs (C(OH)–C–C–N with tert-alkyl or cyclic N) is 1. The molecule has 2 aromatic rings. The van der Waals surface area contributed by atoms with E-state index >= 15 is 0 Å². The zero-order chi connectivity index (χ0) is 22.5. The Morgan fingerprint density at radius 3 is 2.66 bits per heavy atom. The fourth-order valence-electron chi connectivity index (χ4n) is 4.50. The smallest absolute Gasteiger partial charge is 0.334 e. The predicted octanol–water partition coefficient (Wildman–Crippen LogP) is 4.25. The van der Waals surface area contributed by atoms with E-state index in [1.165, 1.54) is 16.7 Å². The first kappa shape index (κ1) is 22.6. The number of aryl methyl sites for hydroxylation is 2. The largest absolute Gasteiger partial charge is 0.490 e. The molecule has 2 fully saturated rings. The van der Waals surface area contributed by atoms with Gasteiger partial charge in [0.25, 0.3) is 0 Å². The van der Waals surface area contributed by atoms with Crippen LogP contribution in [0.25, 0.3) is 6.08 Å². The van der Waals surface area contributed by atoms with E-state index in [1.807, 2.05) is 30.3 Å². The summed E-state index contributed by atoms with van der Waals surface area (Å²) in [7, 11) is 0. The summed E-state index contributed by atoms with van der Waals surface area (Å²) in [4.78, 5) is 14.1. The quantitative estimate of drug-likeness (QED) is 0.520. The van der Waals surface area contributed by atoms with Gasteiger partial charge in [0.15, 0.2) is 0 Å². The summed E-state index contributed by atoms with van der Waals surface area (Å²) >= 11 is 0. The Labute approximate surface area is 190 Å². The highest BCUT2D eigenvalue weighted by Gasteiger charge is 2.23. The van der Waals surface area contributed by atoms with Gasteiger partial charge in [-0.05, 0) is 74.5 Å². The van der Waals surface area contributed by atoms with Gasteiger partial charge in [0.2, 0.25) is 0 Å². The Kier molecular flexibility index (Phi) is 7.28. The SMILES string of the molecule is Cc1ccc(C2CCN(C[C@H](O)COc3ccccc3C=C3CCOC3=O)CC2)cc1C. The van der Waals surface area contributed by atoms with Gasteiger partial charge in [0, 0.05) is 24.1 Å². The topological polar surface area (TPSA) is 59.0 Å². The number of ether oxygens (including phenoxy) is 2. The zero-order valence-corrected chi connectivity index (χ0v) is 19.0. The number of piperidine rings is 1. The van der Waals surface area contributed by atoms with Crippen LogP contribution in [0, 0.1) is 13.8 Å². The number of benzene rings is 2. The Bertz CT molecular complexity index is 975. The first-order chi connectivity index (χ1) is 15.5. The molecular formula is C27H33NO4. The minimum Gasteiger partial charge on any atom is -0.490 e. The molecule has 0 spiro atoms. The lowest BCUT2D eigenvalue weighted by Crippen LogP contribution is -2.40. The fraction of sp³-hybridized carbons (Fsp3) is 0.444. The predicted molar refractivity (Wildman–Crippen MR) is 126 cm³/mol. The van der Waals surface area contributed by atoms with Crippen molar-refractivity contribution < 1.29 is 19.4 Å². The van der Waals surface area contributed by atoms with E-state index in [2.05, 4.69) is 36.9 Å². The molecule has 2 aliphatic rings. The highest BCUT2D eigenvalue weighted by Crippen LogP contribution is 2.29. The number of carbonyl (C=O) groups is 1. The van der Waals surface area contributed by atoms with Gasteiger partial charge in [0.05, 0.1) is 6.61 Å². The van der Waals surface area contributed by atoms with Gasteiger partial charge >= 0.3 is 5.97 Å². The van der Waals surface area contributed by atoms with Crippen molar-refractivity contribution in [1.82, 2.24) is 4.90 Å². The molecule has 0 radical (unpaired) electrons. The van der Waals surface area contributed by atoms with Crippen LogP contribution in [0.4, 0.5) is 0 Å². The molecule has 5 heteroatoms. The monoisotopic (exact) mass is 435 g/mol. The van der Waals surface area contributed by atoms with E-state index in [0.717, 1.165) is 31.5 Å².